The second-order valence-electron chi connectivity index (χ2n) is 6.37. The van der Waals surface area contributed by atoms with Crippen LogP contribution in [-0.4, -0.2) is 28.6 Å². The van der Waals surface area contributed by atoms with Crippen LogP contribution in [0.15, 0.2) is 42.9 Å². The number of halogens is 2. The van der Waals surface area contributed by atoms with Gasteiger partial charge in [0.2, 0.25) is 6.43 Å². The highest BCUT2D eigenvalue weighted by Gasteiger charge is 2.46. The fourth-order valence-electron chi connectivity index (χ4n) is 3.00. The Kier molecular flexibility index (Phi) is 4.64. The van der Waals surface area contributed by atoms with E-state index in [0.29, 0.717) is 12.8 Å². The number of hydrogen-bond acceptors (Lipinski definition) is 3. The molecule has 1 aromatic heterocycles. The van der Waals surface area contributed by atoms with Crippen LogP contribution in [0, 0.1) is 5.41 Å². The van der Waals surface area contributed by atoms with Crippen molar-refractivity contribution >= 4 is 5.97 Å². The summed E-state index contributed by atoms with van der Waals surface area (Å²) in [4.78, 5) is 16.4. The summed E-state index contributed by atoms with van der Waals surface area (Å²) in [7, 11) is 0. The molecule has 24 heavy (non-hydrogen) atoms. The highest BCUT2D eigenvalue weighted by Crippen LogP contribution is 2.46. The van der Waals surface area contributed by atoms with Crippen molar-refractivity contribution in [2.45, 2.75) is 38.7 Å². The van der Waals surface area contributed by atoms with Crippen LogP contribution < -0.4 is 0 Å². The fourth-order valence-corrected chi connectivity index (χ4v) is 3.00. The van der Waals surface area contributed by atoms with Crippen molar-refractivity contribution in [1.82, 2.24) is 9.55 Å². The maximum absolute atomic E-state index is 13.1. The lowest BCUT2D eigenvalue weighted by molar-refractivity contribution is -0.0970. The Balaban J connectivity index is 1.72. The number of esters is 1. The van der Waals surface area contributed by atoms with Gasteiger partial charge in [-0.2, -0.15) is 0 Å². The summed E-state index contributed by atoms with van der Waals surface area (Å²) in [6, 6.07) is 9.57. The normalized spacial score (nSPS) is 17.3. The van der Waals surface area contributed by atoms with Crippen molar-refractivity contribution in [2.75, 3.05) is 6.61 Å². The Morgan fingerprint density at radius 2 is 2.04 bits per heavy atom. The van der Waals surface area contributed by atoms with Crippen LogP contribution in [0.2, 0.25) is 0 Å². The van der Waals surface area contributed by atoms with Gasteiger partial charge in [-0.3, -0.25) is 0 Å². The van der Waals surface area contributed by atoms with E-state index in [1.165, 1.54) is 6.20 Å². The zero-order chi connectivity index (χ0) is 17.2. The molecule has 1 fully saturated rings. The summed E-state index contributed by atoms with van der Waals surface area (Å²) in [5, 5.41) is 0. The highest BCUT2D eigenvalue weighted by atomic mass is 19.3. The van der Waals surface area contributed by atoms with Gasteiger partial charge in [-0.05, 0) is 25.3 Å². The molecule has 0 N–H and O–H groups in total. The maximum Gasteiger partial charge on any atom is 0.356 e. The summed E-state index contributed by atoms with van der Waals surface area (Å²) in [5.74, 6) is -0.609. The third-order valence-corrected chi connectivity index (χ3v) is 4.88. The van der Waals surface area contributed by atoms with Gasteiger partial charge in [0, 0.05) is 0 Å². The summed E-state index contributed by atoms with van der Waals surface area (Å²) in [6.07, 6.45) is 2.06. The lowest BCUT2D eigenvalue weighted by Crippen LogP contribution is -2.41. The third-order valence-electron chi connectivity index (χ3n) is 4.88. The van der Waals surface area contributed by atoms with Gasteiger partial charge >= 0.3 is 5.97 Å². The van der Waals surface area contributed by atoms with E-state index in [2.05, 4.69) is 4.98 Å². The molecule has 1 aromatic carbocycles. The number of imidazole rings is 1. The first-order valence-electron chi connectivity index (χ1n) is 8.05. The number of carbonyl (C=O) groups is 1. The first kappa shape index (κ1) is 16.6. The number of ether oxygens (including phenoxy) is 1. The molecule has 1 aliphatic carbocycles. The molecular formula is C18H20F2N2O2. The zero-order valence-electron chi connectivity index (χ0n) is 13.5. The summed E-state index contributed by atoms with van der Waals surface area (Å²) >= 11 is 0. The smallest absolute Gasteiger partial charge is 0.356 e. The molecule has 0 amide bonds. The highest BCUT2D eigenvalue weighted by molar-refractivity contribution is 5.87. The molecule has 0 radical (unpaired) electrons. The van der Waals surface area contributed by atoms with Crippen molar-refractivity contribution < 1.29 is 18.3 Å². The Morgan fingerprint density at radius 3 is 2.62 bits per heavy atom. The first-order valence-corrected chi connectivity index (χ1v) is 8.05. The van der Waals surface area contributed by atoms with Crippen molar-refractivity contribution in [3.8, 4) is 0 Å². The molecule has 1 aliphatic rings. The van der Waals surface area contributed by atoms with Crippen molar-refractivity contribution in [3.05, 3.63) is 54.1 Å². The molecule has 0 bridgehead atoms. The van der Waals surface area contributed by atoms with Crippen LogP contribution in [0.1, 0.15) is 48.3 Å². The van der Waals surface area contributed by atoms with Gasteiger partial charge in [0.15, 0.2) is 0 Å². The predicted molar refractivity (Wildman–Crippen MR) is 85.1 cm³/mol. The molecule has 1 heterocycles. The standard InChI is InChI=1S/C18H20F2N2O2/c1-13(14-6-3-2-4-7-14)22-12-21-10-15(22)16(23)24-11-18(17(19)20)8-5-9-18/h2-4,6-7,10,12-13,17H,5,8-9,11H2,1H3/t13-/m1/s1. The molecule has 0 saturated heterocycles. The Hall–Kier alpha value is -2.24. The van der Waals surface area contributed by atoms with Gasteiger partial charge in [-0.15, -0.1) is 0 Å². The lowest BCUT2D eigenvalue weighted by atomic mass is 9.69. The molecule has 0 spiro atoms. The summed E-state index contributed by atoms with van der Waals surface area (Å²) in [5.41, 5.74) is 0.133. The van der Waals surface area contributed by atoms with Gasteiger partial charge in [-0.1, -0.05) is 36.8 Å². The second kappa shape index (κ2) is 6.71. The van der Waals surface area contributed by atoms with Gasteiger partial charge in [-0.25, -0.2) is 18.6 Å². The van der Waals surface area contributed by atoms with E-state index in [1.54, 1.807) is 10.9 Å². The fraction of sp³-hybridized carbons (Fsp3) is 0.444. The van der Waals surface area contributed by atoms with Crippen LogP contribution in [0.25, 0.3) is 0 Å². The predicted octanol–water partition coefficient (Wildman–Crippen LogP) is 4.08. The van der Waals surface area contributed by atoms with E-state index < -0.39 is 17.8 Å². The average Bonchev–Trinajstić information content (AvgIpc) is 3.03. The molecular weight excluding hydrogens is 314 g/mol. The monoisotopic (exact) mass is 334 g/mol. The second-order valence-corrected chi connectivity index (χ2v) is 6.37. The summed E-state index contributed by atoms with van der Waals surface area (Å²) < 4.78 is 33.2. The number of hydrogen-bond donors (Lipinski definition) is 0. The number of nitrogens with zero attached hydrogens (tertiary/aromatic N) is 2. The Bertz CT molecular complexity index is 696. The summed E-state index contributed by atoms with van der Waals surface area (Å²) in [6.45, 7) is 1.70. The van der Waals surface area contributed by atoms with Crippen LogP contribution in [-0.2, 0) is 4.74 Å². The molecule has 1 saturated carbocycles. The van der Waals surface area contributed by atoms with E-state index in [9.17, 15) is 13.6 Å². The average molecular weight is 334 g/mol. The lowest BCUT2D eigenvalue weighted by Gasteiger charge is -2.40. The van der Waals surface area contributed by atoms with Gasteiger partial charge in [0.05, 0.1) is 24.0 Å². The minimum absolute atomic E-state index is 0.107. The number of benzene rings is 1. The molecule has 0 aliphatic heterocycles. The Labute approximate surface area is 139 Å². The van der Waals surface area contributed by atoms with Gasteiger partial charge in [0.25, 0.3) is 0 Å². The topological polar surface area (TPSA) is 44.1 Å². The van der Waals surface area contributed by atoms with Crippen LogP contribution >= 0.6 is 0 Å². The Morgan fingerprint density at radius 1 is 1.33 bits per heavy atom. The number of alkyl halides is 2. The molecule has 6 heteroatoms. The molecule has 0 unspecified atom stereocenters. The van der Waals surface area contributed by atoms with Crippen LogP contribution in [0.4, 0.5) is 8.78 Å². The minimum Gasteiger partial charge on any atom is -0.460 e. The van der Waals surface area contributed by atoms with Gasteiger partial charge < -0.3 is 9.30 Å². The van der Waals surface area contributed by atoms with E-state index in [4.69, 9.17) is 4.74 Å². The van der Waals surface area contributed by atoms with E-state index >= 15 is 0 Å². The molecule has 2 aromatic rings. The van der Waals surface area contributed by atoms with E-state index in [1.807, 2.05) is 37.3 Å². The minimum atomic E-state index is -2.47. The number of rotatable bonds is 6. The maximum atomic E-state index is 13.1. The first-order chi connectivity index (χ1) is 11.5. The van der Waals surface area contributed by atoms with E-state index in [-0.39, 0.29) is 18.3 Å². The van der Waals surface area contributed by atoms with Crippen molar-refractivity contribution in [2.24, 2.45) is 5.41 Å². The molecule has 3 rings (SSSR count). The van der Waals surface area contributed by atoms with Crippen LogP contribution in [0.5, 0.6) is 0 Å². The van der Waals surface area contributed by atoms with Gasteiger partial charge in [0.1, 0.15) is 12.3 Å². The number of carbonyl (C=O) groups excluding carboxylic acids is 1. The SMILES string of the molecule is C[C@H](c1ccccc1)n1cncc1C(=O)OCC1(C(F)F)CCC1. The van der Waals surface area contributed by atoms with Crippen LogP contribution in [0.3, 0.4) is 0 Å². The quantitative estimate of drug-likeness (QED) is 0.748. The molecule has 1 atom stereocenters. The molecule has 128 valence electrons. The van der Waals surface area contributed by atoms with Crippen molar-refractivity contribution in [3.63, 3.8) is 0 Å². The third kappa shape index (κ3) is 3.05. The zero-order valence-corrected chi connectivity index (χ0v) is 13.5. The number of aromatic nitrogens is 2. The molecule has 4 nitrogen and oxygen atoms in total. The largest absolute Gasteiger partial charge is 0.460 e. The van der Waals surface area contributed by atoms with E-state index in [0.717, 1.165) is 12.0 Å². The van der Waals surface area contributed by atoms with Crippen molar-refractivity contribution in [1.29, 1.82) is 0 Å².